The maximum absolute atomic E-state index is 4.46. The number of aryl methyl sites for hydroxylation is 2. The van der Waals surface area contributed by atoms with Crippen molar-refractivity contribution in [2.45, 2.75) is 20.3 Å². The molecule has 124 valence electrons. The Morgan fingerprint density at radius 3 is 2.76 bits per heavy atom. The zero-order valence-corrected chi connectivity index (χ0v) is 14.1. The third-order valence-corrected chi connectivity index (χ3v) is 4.14. The molecule has 0 aliphatic heterocycles. The van der Waals surface area contributed by atoms with E-state index in [-0.39, 0.29) is 0 Å². The number of nitrogens with one attached hydrogen (secondary N) is 2. The summed E-state index contributed by atoms with van der Waals surface area (Å²) >= 11 is 0. The Morgan fingerprint density at radius 1 is 1.12 bits per heavy atom. The second-order valence-electron chi connectivity index (χ2n) is 5.97. The molecule has 2 N–H and O–H groups in total. The molecule has 2 heterocycles. The average Bonchev–Trinajstić information content (AvgIpc) is 3.00. The van der Waals surface area contributed by atoms with Gasteiger partial charge in [0.15, 0.2) is 5.65 Å². The number of benzene rings is 2. The van der Waals surface area contributed by atoms with Gasteiger partial charge in [-0.2, -0.15) is 10.1 Å². The van der Waals surface area contributed by atoms with Gasteiger partial charge in [-0.3, -0.25) is 0 Å². The van der Waals surface area contributed by atoms with E-state index in [1.165, 1.54) is 11.1 Å². The molecule has 25 heavy (non-hydrogen) atoms. The van der Waals surface area contributed by atoms with Crippen LogP contribution in [0.2, 0.25) is 0 Å². The highest BCUT2D eigenvalue weighted by Crippen LogP contribution is 2.23. The van der Waals surface area contributed by atoms with E-state index in [2.05, 4.69) is 62.7 Å². The van der Waals surface area contributed by atoms with Crippen molar-refractivity contribution in [3.63, 3.8) is 0 Å². The lowest BCUT2D eigenvalue weighted by Gasteiger charge is -1.98. The first-order valence-corrected chi connectivity index (χ1v) is 8.23. The number of nitrogens with zero attached hydrogens (tertiary/aromatic N) is 4. The largest absolute Gasteiger partial charge is 0.338 e. The van der Waals surface area contributed by atoms with Crippen molar-refractivity contribution in [3.8, 4) is 0 Å². The molecule has 6 heteroatoms. The van der Waals surface area contributed by atoms with Crippen LogP contribution < -0.4 is 5.43 Å². The monoisotopic (exact) mass is 330 g/mol. The van der Waals surface area contributed by atoms with Crippen LogP contribution in [0.4, 0.5) is 5.95 Å². The molecule has 0 amide bonds. The van der Waals surface area contributed by atoms with Gasteiger partial charge in [0.05, 0.1) is 6.21 Å². The lowest BCUT2D eigenvalue weighted by molar-refractivity contribution is 1.01. The summed E-state index contributed by atoms with van der Waals surface area (Å²) < 4.78 is 0. The Bertz CT molecular complexity index is 1060. The number of hydrazone groups is 1. The maximum atomic E-state index is 4.46. The van der Waals surface area contributed by atoms with Crippen molar-refractivity contribution >= 4 is 34.2 Å². The number of aromatic nitrogens is 4. The number of fused-ring (bicyclic) bond motifs is 3. The van der Waals surface area contributed by atoms with E-state index in [0.29, 0.717) is 11.6 Å². The molecule has 0 atom stereocenters. The van der Waals surface area contributed by atoms with E-state index in [4.69, 9.17) is 0 Å². The van der Waals surface area contributed by atoms with Crippen molar-refractivity contribution in [1.29, 1.82) is 0 Å². The van der Waals surface area contributed by atoms with E-state index in [9.17, 15) is 0 Å². The van der Waals surface area contributed by atoms with Crippen LogP contribution in [0.5, 0.6) is 0 Å². The van der Waals surface area contributed by atoms with Crippen LogP contribution in [0, 0.1) is 6.92 Å². The normalized spacial score (nSPS) is 11.6. The van der Waals surface area contributed by atoms with Crippen molar-refractivity contribution in [3.05, 3.63) is 59.2 Å². The van der Waals surface area contributed by atoms with Crippen LogP contribution in [0.15, 0.2) is 47.6 Å². The number of H-pyrrole nitrogens is 1. The van der Waals surface area contributed by atoms with Crippen LogP contribution >= 0.6 is 0 Å². The number of hydrogen-bond acceptors (Lipinski definition) is 5. The lowest BCUT2D eigenvalue weighted by atomic mass is 10.1. The van der Waals surface area contributed by atoms with Gasteiger partial charge in [0.1, 0.15) is 5.52 Å². The van der Waals surface area contributed by atoms with Gasteiger partial charge in [0, 0.05) is 10.9 Å². The van der Waals surface area contributed by atoms with Gasteiger partial charge in [0.2, 0.25) is 0 Å². The quantitative estimate of drug-likeness (QED) is 0.440. The third-order valence-electron chi connectivity index (χ3n) is 4.14. The number of aromatic amines is 1. The van der Waals surface area contributed by atoms with Crippen molar-refractivity contribution < 1.29 is 0 Å². The van der Waals surface area contributed by atoms with E-state index in [0.717, 1.165) is 28.4 Å². The molecule has 0 fully saturated rings. The van der Waals surface area contributed by atoms with Gasteiger partial charge in [-0.25, -0.2) is 5.43 Å². The summed E-state index contributed by atoms with van der Waals surface area (Å²) in [4.78, 5) is 7.74. The molecule has 0 unspecified atom stereocenters. The lowest BCUT2D eigenvalue weighted by Crippen LogP contribution is -1.99. The predicted molar refractivity (Wildman–Crippen MR) is 101 cm³/mol. The van der Waals surface area contributed by atoms with E-state index in [1.54, 1.807) is 6.21 Å². The molecule has 0 spiro atoms. The second-order valence-corrected chi connectivity index (χ2v) is 5.97. The van der Waals surface area contributed by atoms with Gasteiger partial charge in [-0.15, -0.1) is 10.2 Å². The minimum absolute atomic E-state index is 0.359. The van der Waals surface area contributed by atoms with Crippen LogP contribution in [-0.2, 0) is 6.42 Å². The second kappa shape index (κ2) is 6.32. The predicted octanol–water partition coefficient (Wildman–Crippen LogP) is 3.82. The Balaban J connectivity index is 1.60. The Labute approximate surface area is 145 Å². The van der Waals surface area contributed by atoms with Gasteiger partial charge in [-0.05, 0) is 36.6 Å². The van der Waals surface area contributed by atoms with Gasteiger partial charge in [-0.1, -0.05) is 42.8 Å². The van der Waals surface area contributed by atoms with Crippen LogP contribution in [-0.4, -0.2) is 26.4 Å². The minimum atomic E-state index is 0.359. The van der Waals surface area contributed by atoms with Crippen LogP contribution in [0.3, 0.4) is 0 Å². The molecule has 0 saturated carbocycles. The molecule has 4 aromatic rings. The average molecular weight is 330 g/mol. The zero-order valence-electron chi connectivity index (χ0n) is 14.1. The summed E-state index contributed by atoms with van der Waals surface area (Å²) in [5, 5.41) is 13.6. The summed E-state index contributed by atoms with van der Waals surface area (Å²) in [5.74, 6) is 0.359. The van der Waals surface area contributed by atoms with E-state index < -0.39 is 0 Å². The van der Waals surface area contributed by atoms with Crippen LogP contribution in [0.25, 0.3) is 22.1 Å². The first-order valence-electron chi connectivity index (χ1n) is 8.23. The van der Waals surface area contributed by atoms with Crippen molar-refractivity contribution in [1.82, 2.24) is 20.2 Å². The maximum Gasteiger partial charge on any atom is 0.265 e. The van der Waals surface area contributed by atoms with Crippen LogP contribution in [0.1, 0.15) is 23.6 Å². The smallest absolute Gasteiger partial charge is 0.265 e. The zero-order chi connectivity index (χ0) is 17.2. The fraction of sp³-hybridized carbons (Fsp3) is 0.158. The molecule has 0 saturated heterocycles. The molecule has 0 bridgehead atoms. The SMILES string of the molecule is CCc1ccc2[nH]c3nc(N/N=C\c4ccc(C)cc4)nnc3c2c1. The van der Waals surface area contributed by atoms with Crippen molar-refractivity contribution in [2.75, 3.05) is 5.43 Å². The summed E-state index contributed by atoms with van der Waals surface area (Å²) in [6.45, 7) is 4.19. The molecule has 2 aromatic carbocycles. The fourth-order valence-corrected chi connectivity index (χ4v) is 2.70. The highest BCUT2D eigenvalue weighted by molar-refractivity contribution is 6.03. The molecular weight excluding hydrogens is 312 g/mol. The molecule has 0 aliphatic carbocycles. The highest BCUT2D eigenvalue weighted by Gasteiger charge is 2.09. The molecule has 0 aliphatic rings. The Morgan fingerprint density at radius 2 is 1.96 bits per heavy atom. The standard InChI is InChI=1S/C19H18N6/c1-3-13-8-9-16-15(10-13)17-18(21-16)22-19(25-23-17)24-20-11-14-6-4-12(2)5-7-14/h4-11H,3H2,1-2H3,(H2,21,22,24,25)/b20-11-. The summed E-state index contributed by atoms with van der Waals surface area (Å²) in [5.41, 5.74) is 8.80. The Hall–Kier alpha value is -3.28. The van der Waals surface area contributed by atoms with Gasteiger partial charge in [0.25, 0.3) is 5.95 Å². The van der Waals surface area contributed by atoms with E-state index >= 15 is 0 Å². The molecule has 4 rings (SSSR count). The Kier molecular flexibility index (Phi) is 3.85. The van der Waals surface area contributed by atoms with Gasteiger partial charge >= 0.3 is 0 Å². The minimum Gasteiger partial charge on any atom is -0.338 e. The molecular formula is C19H18N6. The van der Waals surface area contributed by atoms with Crippen molar-refractivity contribution in [2.24, 2.45) is 5.10 Å². The topological polar surface area (TPSA) is 78.9 Å². The first kappa shape index (κ1) is 15.3. The molecule has 2 aromatic heterocycles. The molecule has 6 nitrogen and oxygen atoms in total. The molecule has 0 radical (unpaired) electrons. The fourth-order valence-electron chi connectivity index (χ4n) is 2.70. The van der Waals surface area contributed by atoms with E-state index in [1.807, 2.05) is 24.3 Å². The number of anilines is 1. The summed E-state index contributed by atoms with van der Waals surface area (Å²) in [6, 6.07) is 14.4. The summed E-state index contributed by atoms with van der Waals surface area (Å²) in [6.07, 6.45) is 2.71. The highest BCUT2D eigenvalue weighted by atomic mass is 15.4. The number of rotatable bonds is 4. The first-order chi connectivity index (χ1) is 12.2. The summed E-state index contributed by atoms with van der Waals surface area (Å²) in [7, 11) is 0. The number of hydrogen-bond donors (Lipinski definition) is 2. The third kappa shape index (κ3) is 3.06. The van der Waals surface area contributed by atoms with Gasteiger partial charge < -0.3 is 4.98 Å².